The molecule has 2 aromatic carbocycles. The number of carbonyl (C=O) groups excluding carboxylic acids is 1. The van der Waals surface area contributed by atoms with Gasteiger partial charge in [-0.15, -0.1) is 0 Å². The molecular weight excluding hydrogens is 414 g/mol. The van der Waals surface area contributed by atoms with Crippen LogP contribution in [0.25, 0.3) is 11.3 Å². The van der Waals surface area contributed by atoms with Crippen LogP contribution in [0, 0.1) is 13.8 Å². The van der Waals surface area contributed by atoms with E-state index in [2.05, 4.69) is 57.7 Å². The van der Waals surface area contributed by atoms with Gasteiger partial charge >= 0.3 is 6.03 Å². The van der Waals surface area contributed by atoms with Crippen molar-refractivity contribution in [2.24, 2.45) is 0 Å². The van der Waals surface area contributed by atoms with E-state index in [1.54, 1.807) is 17.3 Å². The van der Waals surface area contributed by atoms with Gasteiger partial charge in [-0.1, -0.05) is 41.5 Å². The van der Waals surface area contributed by atoms with Crippen molar-refractivity contribution < 1.29 is 4.79 Å². The molecule has 1 aliphatic rings. The predicted molar refractivity (Wildman–Crippen MR) is 129 cm³/mol. The van der Waals surface area contributed by atoms with Crippen LogP contribution in [0.4, 0.5) is 22.1 Å². The Bertz CT molecular complexity index is 1280. The van der Waals surface area contributed by atoms with Crippen molar-refractivity contribution >= 4 is 23.4 Å². The number of aromatic nitrogens is 4. The second-order valence-corrected chi connectivity index (χ2v) is 8.24. The second kappa shape index (κ2) is 8.74. The molecule has 0 radical (unpaired) electrons. The fourth-order valence-corrected chi connectivity index (χ4v) is 4.10. The number of hydrogen-bond acceptors (Lipinski definition) is 5. The second-order valence-electron chi connectivity index (χ2n) is 8.24. The molecule has 1 aliphatic heterocycles. The summed E-state index contributed by atoms with van der Waals surface area (Å²) in [6.07, 6.45) is 5.45. The third-order valence-corrected chi connectivity index (χ3v) is 5.50. The molecule has 0 bridgehead atoms. The summed E-state index contributed by atoms with van der Waals surface area (Å²) >= 11 is 0. The summed E-state index contributed by atoms with van der Waals surface area (Å²) in [6.45, 7) is 6.26. The Hall–Kier alpha value is -4.20. The number of carbonyl (C=O) groups is 1. The van der Waals surface area contributed by atoms with Gasteiger partial charge in [0.05, 0.1) is 24.1 Å². The van der Waals surface area contributed by atoms with Crippen LogP contribution in [0.15, 0.2) is 67.1 Å². The van der Waals surface area contributed by atoms with E-state index in [9.17, 15) is 4.79 Å². The molecule has 5 rings (SSSR count). The Morgan fingerprint density at radius 1 is 1.06 bits per heavy atom. The molecule has 33 heavy (non-hydrogen) atoms. The summed E-state index contributed by atoms with van der Waals surface area (Å²) in [5, 5.41) is 10.5. The highest BCUT2D eigenvalue weighted by Gasteiger charge is 2.20. The largest absolute Gasteiger partial charge is 0.336 e. The van der Waals surface area contributed by atoms with Crippen LogP contribution in [-0.4, -0.2) is 38.9 Å². The lowest BCUT2D eigenvalue weighted by Gasteiger charge is -2.14. The Morgan fingerprint density at radius 2 is 1.85 bits per heavy atom. The van der Waals surface area contributed by atoms with E-state index in [0.29, 0.717) is 25.6 Å². The number of hydrogen-bond donors (Lipinski definition) is 2. The number of amides is 2. The first-order chi connectivity index (χ1) is 16.0. The number of nitrogens with zero attached hydrogens (tertiary/aromatic N) is 5. The van der Waals surface area contributed by atoms with Gasteiger partial charge in [0.1, 0.15) is 0 Å². The average molecular weight is 440 g/mol. The van der Waals surface area contributed by atoms with Crippen molar-refractivity contribution in [2.45, 2.75) is 20.4 Å². The van der Waals surface area contributed by atoms with E-state index < -0.39 is 0 Å². The van der Waals surface area contributed by atoms with Gasteiger partial charge in [0, 0.05) is 36.7 Å². The molecule has 8 nitrogen and oxygen atoms in total. The lowest BCUT2D eigenvalue weighted by atomic mass is 10.1. The average Bonchev–Trinajstić information content (AvgIpc) is 3.42. The first-order valence-corrected chi connectivity index (χ1v) is 10.9. The van der Waals surface area contributed by atoms with Gasteiger partial charge in [0.15, 0.2) is 0 Å². The van der Waals surface area contributed by atoms with E-state index >= 15 is 0 Å². The van der Waals surface area contributed by atoms with Crippen LogP contribution in [0.2, 0.25) is 0 Å². The van der Waals surface area contributed by atoms with Crippen molar-refractivity contribution in [2.75, 3.05) is 23.3 Å². The number of benzene rings is 2. The number of nitrogens with one attached hydrogen (secondary N) is 2. The minimum Gasteiger partial charge on any atom is -0.336 e. The summed E-state index contributed by atoms with van der Waals surface area (Å²) in [7, 11) is 0. The molecule has 0 atom stereocenters. The van der Waals surface area contributed by atoms with Crippen LogP contribution in [0.5, 0.6) is 0 Å². The van der Waals surface area contributed by atoms with E-state index in [1.807, 2.05) is 41.2 Å². The maximum atomic E-state index is 11.9. The Morgan fingerprint density at radius 3 is 2.58 bits per heavy atom. The maximum Gasteiger partial charge on any atom is 0.321 e. The van der Waals surface area contributed by atoms with Gasteiger partial charge in [0.2, 0.25) is 5.95 Å². The predicted octanol–water partition coefficient (Wildman–Crippen LogP) is 4.28. The van der Waals surface area contributed by atoms with Gasteiger partial charge in [-0.25, -0.2) is 14.8 Å². The van der Waals surface area contributed by atoms with E-state index in [4.69, 9.17) is 0 Å². The number of rotatable bonds is 6. The number of aryl methyl sites for hydroxylation is 2. The van der Waals surface area contributed by atoms with Crippen molar-refractivity contribution in [3.05, 3.63) is 83.8 Å². The fourth-order valence-electron chi connectivity index (χ4n) is 4.10. The standard InChI is InChI=1S/C25H25N7O/c1-17-11-18(2)13-19(12-17)15-31-16-21(14-28-31)29-24-26-8-7-23(30-24)20-3-5-22(6-4-20)32-10-9-27-25(32)33/h3-8,11-14,16H,9-10,15H2,1-2H3,(H,27,33)(H,26,29,30). The molecule has 166 valence electrons. The molecule has 2 N–H and O–H groups in total. The number of urea groups is 1. The Labute approximate surface area is 192 Å². The van der Waals surface area contributed by atoms with Gasteiger partial charge in [-0.2, -0.15) is 5.10 Å². The first kappa shape index (κ1) is 20.7. The minimum absolute atomic E-state index is 0.0608. The van der Waals surface area contributed by atoms with Crippen molar-refractivity contribution in [1.29, 1.82) is 0 Å². The van der Waals surface area contributed by atoms with Gasteiger partial charge in [-0.05, 0) is 37.6 Å². The molecule has 3 heterocycles. The minimum atomic E-state index is -0.0608. The molecule has 1 saturated heterocycles. The molecule has 0 unspecified atom stereocenters. The summed E-state index contributed by atoms with van der Waals surface area (Å²) in [5.74, 6) is 0.501. The Kier molecular flexibility index (Phi) is 5.48. The van der Waals surface area contributed by atoms with Crippen LogP contribution >= 0.6 is 0 Å². The monoisotopic (exact) mass is 439 g/mol. The highest BCUT2D eigenvalue weighted by atomic mass is 16.2. The topological polar surface area (TPSA) is 88.0 Å². The molecule has 0 saturated carbocycles. The quantitative estimate of drug-likeness (QED) is 0.468. The molecule has 0 spiro atoms. The SMILES string of the molecule is Cc1cc(C)cc(Cn2cc(Nc3nccc(-c4ccc(N5CCNC5=O)cc4)n3)cn2)c1. The smallest absolute Gasteiger partial charge is 0.321 e. The molecule has 0 aliphatic carbocycles. The van der Waals surface area contributed by atoms with Crippen molar-refractivity contribution in [1.82, 2.24) is 25.1 Å². The summed E-state index contributed by atoms with van der Waals surface area (Å²) in [6, 6.07) is 16.1. The van der Waals surface area contributed by atoms with Crippen LogP contribution in [0.1, 0.15) is 16.7 Å². The van der Waals surface area contributed by atoms with E-state index in [1.165, 1.54) is 16.7 Å². The highest BCUT2D eigenvalue weighted by molar-refractivity contribution is 5.94. The molecule has 2 amide bonds. The molecular formula is C25H25N7O. The normalized spacial score (nSPS) is 13.3. The lowest BCUT2D eigenvalue weighted by Crippen LogP contribution is -2.27. The van der Waals surface area contributed by atoms with Crippen molar-refractivity contribution in [3.8, 4) is 11.3 Å². The van der Waals surface area contributed by atoms with E-state index in [0.717, 1.165) is 22.6 Å². The highest BCUT2D eigenvalue weighted by Crippen LogP contribution is 2.24. The Balaban J connectivity index is 1.28. The third kappa shape index (κ3) is 4.69. The van der Waals surface area contributed by atoms with Gasteiger partial charge in [0.25, 0.3) is 0 Å². The molecule has 4 aromatic rings. The first-order valence-electron chi connectivity index (χ1n) is 10.9. The van der Waals surface area contributed by atoms with E-state index in [-0.39, 0.29) is 6.03 Å². The molecule has 8 heteroatoms. The lowest BCUT2D eigenvalue weighted by molar-refractivity contribution is 0.252. The van der Waals surface area contributed by atoms with Crippen LogP contribution in [-0.2, 0) is 6.54 Å². The van der Waals surface area contributed by atoms with Gasteiger partial charge in [-0.3, -0.25) is 9.58 Å². The summed E-state index contributed by atoms with van der Waals surface area (Å²) < 4.78 is 1.90. The third-order valence-electron chi connectivity index (χ3n) is 5.50. The fraction of sp³-hybridized carbons (Fsp3) is 0.200. The van der Waals surface area contributed by atoms with Gasteiger partial charge < -0.3 is 10.6 Å². The molecule has 2 aromatic heterocycles. The molecule has 1 fully saturated rings. The zero-order chi connectivity index (χ0) is 22.8. The van der Waals surface area contributed by atoms with Crippen LogP contribution < -0.4 is 15.5 Å². The summed E-state index contributed by atoms with van der Waals surface area (Å²) in [5.41, 5.74) is 7.16. The zero-order valence-corrected chi connectivity index (χ0v) is 18.6. The van der Waals surface area contributed by atoms with Crippen LogP contribution in [0.3, 0.4) is 0 Å². The van der Waals surface area contributed by atoms with Crippen molar-refractivity contribution in [3.63, 3.8) is 0 Å². The zero-order valence-electron chi connectivity index (χ0n) is 18.6. The number of anilines is 3. The summed E-state index contributed by atoms with van der Waals surface area (Å²) in [4.78, 5) is 22.6. The maximum absolute atomic E-state index is 11.9.